The highest BCUT2D eigenvalue weighted by molar-refractivity contribution is 7.80. The van der Waals surface area contributed by atoms with E-state index in [1.807, 2.05) is 12.1 Å². The molecule has 2 N–H and O–H groups in total. The van der Waals surface area contributed by atoms with Crippen molar-refractivity contribution in [2.75, 3.05) is 13.1 Å². The molecule has 1 aromatic rings. The van der Waals surface area contributed by atoms with Crippen LogP contribution in [0.4, 0.5) is 0 Å². The van der Waals surface area contributed by atoms with Gasteiger partial charge in [-0.25, -0.2) is 0 Å². The number of furan rings is 1. The first-order valence-electron chi connectivity index (χ1n) is 4.87. The standard InChI is InChI=1S/C10H16N2OS/c1-2-6-11-10(14)12-7-5-9-4-3-8-13-9/h3-4,8H,2,5-7H2,1H3,(H2,11,12,14). The Labute approximate surface area is 89.9 Å². The van der Waals surface area contributed by atoms with Crippen LogP contribution in [0.15, 0.2) is 22.8 Å². The van der Waals surface area contributed by atoms with Crippen molar-refractivity contribution in [3.8, 4) is 0 Å². The van der Waals surface area contributed by atoms with E-state index in [1.54, 1.807) is 6.26 Å². The lowest BCUT2D eigenvalue weighted by Crippen LogP contribution is -2.36. The summed E-state index contributed by atoms with van der Waals surface area (Å²) in [5.74, 6) is 0.982. The molecule has 0 bridgehead atoms. The SMILES string of the molecule is CCCNC(=S)NCCc1ccco1. The van der Waals surface area contributed by atoms with Crippen LogP contribution in [-0.4, -0.2) is 18.2 Å². The van der Waals surface area contributed by atoms with Gasteiger partial charge in [-0.2, -0.15) is 0 Å². The van der Waals surface area contributed by atoms with Crippen molar-refractivity contribution >= 4 is 17.3 Å². The Hall–Kier alpha value is -1.03. The highest BCUT2D eigenvalue weighted by Gasteiger charge is 1.96. The predicted molar refractivity (Wildman–Crippen MR) is 61.3 cm³/mol. The molecule has 1 aromatic heterocycles. The number of hydrogen-bond donors (Lipinski definition) is 2. The molecule has 0 aromatic carbocycles. The van der Waals surface area contributed by atoms with Crippen molar-refractivity contribution < 1.29 is 4.42 Å². The lowest BCUT2D eigenvalue weighted by molar-refractivity contribution is 0.507. The van der Waals surface area contributed by atoms with E-state index in [0.29, 0.717) is 0 Å². The molecule has 3 nitrogen and oxygen atoms in total. The number of hydrogen-bond acceptors (Lipinski definition) is 2. The van der Waals surface area contributed by atoms with Crippen molar-refractivity contribution in [1.29, 1.82) is 0 Å². The third kappa shape index (κ3) is 4.28. The van der Waals surface area contributed by atoms with Crippen LogP contribution in [0.3, 0.4) is 0 Å². The fourth-order valence-electron chi connectivity index (χ4n) is 1.06. The minimum atomic E-state index is 0.721. The highest BCUT2D eigenvalue weighted by atomic mass is 32.1. The van der Waals surface area contributed by atoms with Gasteiger partial charge in [0.15, 0.2) is 5.11 Å². The molecule has 0 saturated carbocycles. The Morgan fingerprint density at radius 3 is 2.86 bits per heavy atom. The van der Waals surface area contributed by atoms with Gasteiger partial charge in [0.25, 0.3) is 0 Å². The van der Waals surface area contributed by atoms with Crippen LogP contribution in [-0.2, 0) is 6.42 Å². The van der Waals surface area contributed by atoms with E-state index in [0.717, 1.165) is 36.8 Å². The van der Waals surface area contributed by atoms with Crippen molar-refractivity contribution in [2.24, 2.45) is 0 Å². The van der Waals surface area contributed by atoms with Crippen LogP contribution in [0.25, 0.3) is 0 Å². The third-order valence-corrected chi connectivity index (χ3v) is 2.06. The van der Waals surface area contributed by atoms with Crippen LogP contribution in [0, 0.1) is 0 Å². The maximum absolute atomic E-state index is 5.19. The largest absolute Gasteiger partial charge is 0.469 e. The zero-order chi connectivity index (χ0) is 10.2. The molecule has 4 heteroatoms. The summed E-state index contributed by atoms with van der Waals surface area (Å²) in [6.07, 6.45) is 3.63. The summed E-state index contributed by atoms with van der Waals surface area (Å²) in [5.41, 5.74) is 0. The van der Waals surface area contributed by atoms with Gasteiger partial charge in [0.2, 0.25) is 0 Å². The Bertz CT molecular complexity index is 259. The second-order valence-electron chi connectivity index (χ2n) is 3.01. The summed E-state index contributed by atoms with van der Waals surface area (Å²) >= 11 is 5.06. The molecule has 0 saturated heterocycles. The Balaban J connectivity index is 2.06. The highest BCUT2D eigenvalue weighted by Crippen LogP contribution is 1.99. The fraction of sp³-hybridized carbons (Fsp3) is 0.500. The number of nitrogens with one attached hydrogen (secondary N) is 2. The minimum absolute atomic E-state index is 0.721. The molecule has 0 unspecified atom stereocenters. The van der Waals surface area contributed by atoms with Gasteiger partial charge in [-0.05, 0) is 30.8 Å². The Morgan fingerprint density at radius 2 is 2.21 bits per heavy atom. The van der Waals surface area contributed by atoms with Crippen molar-refractivity contribution in [2.45, 2.75) is 19.8 Å². The molecule has 0 fully saturated rings. The average molecular weight is 212 g/mol. The molecular weight excluding hydrogens is 196 g/mol. The molecule has 0 amide bonds. The van der Waals surface area contributed by atoms with E-state index in [9.17, 15) is 0 Å². The average Bonchev–Trinajstić information content (AvgIpc) is 2.67. The first-order chi connectivity index (χ1) is 6.83. The smallest absolute Gasteiger partial charge is 0.166 e. The monoisotopic (exact) mass is 212 g/mol. The lowest BCUT2D eigenvalue weighted by atomic mass is 10.3. The van der Waals surface area contributed by atoms with Crippen LogP contribution >= 0.6 is 12.2 Å². The van der Waals surface area contributed by atoms with Crippen molar-refractivity contribution in [1.82, 2.24) is 10.6 Å². The Kier molecular flexibility index (Phi) is 5.07. The van der Waals surface area contributed by atoms with E-state index in [4.69, 9.17) is 16.6 Å². The second-order valence-corrected chi connectivity index (χ2v) is 3.42. The zero-order valence-electron chi connectivity index (χ0n) is 8.38. The molecule has 1 heterocycles. The van der Waals surface area contributed by atoms with Crippen molar-refractivity contribution in [3.05, 3.63) is 24.2 Å². The summed E-state index contributed by atoms with van der Waals surface area (Å²) in [7, 11) is 0. The summed E-state index contributed by atoms with van der Waals surface area (Å²) < 4.78 is 5.19. The summed E-state index contributed by atoms with van der Waals surface area (Å²) in [5, 5.41) is 6.94. The van der Waals surface area contributed by atoms with Gasteiger partial charge in [-0.15, -0.1) is 0 Å². The molecule has 78 valence electrons. The van der Waals surface area contributed by atoms with Gasteiger partial charge < -0.3 is 15.1 Å². The molecule has 0 atom stereocenters. The molecule has 0 aliphatic heterocycles. The topological polar surface area (TPSA) is 37.2 Å². The van der Waals surface area contributed by atoms with Gasteiger partial charge in [0.1, 0.15) is 5.76 Å². The zero-order valence-corrected chi connectivity index (χ0v) is 9.19. The Morgan fingerprint density at radius 1 is 1.43 bits per heavy atom. The second kappa shape index (κ2) is 6.43. The van der Waals surface area contributed by atoms with Crippen LogP contribution in [0.2, 0.25) is 0 Å². The van der Waals surface area contributed by atoms with Crippen LogP contribution < -0.4 is 10.6 Å². The quantitative estimate of drug-likeness (QED) is 0.728. The van der Waals surface area contributed by atoms with Gasteiger partial charge in [0, 0.05) is 19.5 Å². The van der Waals surface area contributed by atoms with Crippen LogP contribution in [0.1, 0.15) is 19.1 Å². The normalized spacial score (nSPS) is 9.79. The van der Waals surface area contributed by atoms with Crippen LogP contribution in [0.5, 0.6) is 0 Å². The molecule has 0 aliphatic rings. The molecule has 0 aliphatic carbocycles. The fourth-order valence-corrected chi connectivity index (χ4v) is 1.26. The summed E-state index contributed by atoms with van der Waals surface area (Å²) in [6.45, 7) is 3.84. The molecule has 0 spiro atoms. The summed E-state index contributed by atoms with van der Waals surface area (Å²) in [6, 6.07) is 3.85. The third-order valence-electron chi connectivity index (χ3n) is 1.77. The first-order valence-corrected chi connectivity index (χ1v) is 5.28. The number of thiocarbonyl (C=S) groups is 1. The maximum Gasteiger partial charge on any atom is 0.166 e. The first kappa shape index (κ1) is 11.0. The molecular formula is C10H16N2OS. The molecule has 14 heavy (non-hydrogen) atoms. The molecule has 1 rings (SSSR count). The van der Waals surface area contributed by atoms with Gasteiger partial charge >= 0.3 is 0 Å². The summed E-state index contributed by atoms with van der Waals surface area (Å²) in [4.78, 5) is 0. The van der Waals surface area contributed by atoms with Gasteiger partial charge in [-0.3, -0.25) is 0 Å². The van der Waals surface area contributed by atoms with E-state index in [2.05, 4.69) is 17.6 Å². The maximum atomic E-state index is 5.19. The molecule has 0 radical (unpaired) electrons. The van der Waals surface area contributed by atoms with Gasteiger partial charge in [0.05, 0.1) is 6.26 Å². The minimum Gasteiger partial charge on any atom is -0.469 e. The van der Waals surface area contributed by atoms with Gasteiger partial charge in [-0.1, -0.05) is 6.92 Å². The lowest BCUT2D eigenvalue weighted by Gasteiger charge is -2.08. The predicted octanol–water partition coefficient (Wildman–Crippen LogP) is 1.70. The van der Waals surface area contributed by atoms with E-state index in [1.165, 1.54) is 0 Å². The van der Waals surface area contributed by atoms with E-state index in [-0.39, 0.29) is 0 Å². The van der Waals surface area contributed by atoms with E-state index < -0.39 is 0 Å². The van der Waals surface area contributed by atoms with E-state index >= 15 is 0 Å². The number of rotatable bonds is 5. The van der Waals surface area contributed by atoms with Crippen molar-refractivity contribution in [3.63, 3.8) is 0 Å².